The maximum absolute atomic E-state index is 14.1. The fourth-order valence-corrected chi connectivity index (χ4v) is 2.91. The summed E-state index contributed by atoms with van der Waals surface area (Å²) < 4.78 is 28.1. The van der Waals surface area contributed by atoms with Gasteiger partial charge in [0.1, 0.15) is 5.60 Å². The van der Waals surface area contributed by atoms with E-state index in [1.165, 1.54) is 12.1 Å². The Morgan fingerprint density at radius 1 is 1.39 bits per heavy atom. The van der Waals surface area contributed by atoms with E-state index in [-0.39, 0.29) is 24.4 Å². The fraction of sp³-hybridized carbons (Fsp3) is 0.500. The summed E-state index contributed by atoms with van der Waals surface area (Å²) in [5.41, 5.74) is -0.904. The molecule has 1 aromatic carbocycles. The number of nitrogens with one attached hydrogen (secondary N) is 1. The second kappa shape index (κ2) is 5.26. The molecule has 0 aromatic heterocycles. The van der Waals surface area contributed by atoms with Crippen LogP contribution in [0.15, 0.2) is 18.2 Å². The van der Waals surface area contributed by atoms with Crippen LogP contribution in [-0.4, -0.2) is 46.9 Å². The standard InChI is InChI=1S/C16H18F2N2O3/c1-20-8-5-10-3-4-11(9-12(10)13(20)21)19-14(22)16(17,18)15(23)6-2-7-15/h3-4,9,23H,2,5-8H2,1H3,(H,19,22). The molecular formula is C16H18F2N2O3. The van der Waals surface area contributed by atoms with Crippen molar-refractivity contribution in [2.45, 2.75) is 37.2 Å². The Bertz CT molecular complexity index is 671. The fourth-order valence-electron chi connectivity index (χ4n) is 2.91. The number of hydrogen-bond acceptors (Lipinski definition) is 3. The molecule has 5 nitrogen and oxygen atoms in total. The molecule has 1 fully saturated rings. The number of aliphatic hydroxyl groups is 1. The number of likely N-dealkylation sites (N-methyl/N-ethyl adjacent to an activating group) is 1. The number of fused-ring (bicyclic) bond motifs is 1. The Morgan fingerprint density at radius 3 is 2.70 bits per heavy atom. The van der Waals surface area contributed by atoms with Crippen molar-refractivity contribution in [2.75, 3.05) is 18.9 Å². The molecule has 1 aliphatic heterocycles. The van der Waals surface area contributed by atoms with Gasteiger partial charge in [-0.3, -0.25) is 9.59 Å². The molecule has 0 unspecified atom stereocenters. The van der Waals surface area contributed by atoms with Crippen LogP contribution in [0.4, 0.5) is 14.5 Å². The van der Waals surface area contributed by atoms with Crippen molar-refractivity contribution in [3.63, 3.8) is 0 Å². The van der Waals surface area contributed by atoms with Crippen LogP contribution < -0.4 is 5.32 Å². The van der Waals surface area contributed by atoms with Crippen LogP contribution in [0.5, 0.6) is 0 Å². The Balaban J connectivity index is 1.81. The molecule has 7 heteroatoms. The van der Waals surface area contributed by atoms with Gasteiger partial charge >= 0.3 is 5.92 Å². The van der Waals surface area contributed by atoms with Crippen LogP contribution in [0.2, 0.25) is 0 Å². The van der Waals surface area contributed by atoms with Gasteiger partial charge in [0.05, 0.1) is 0 Å². The number of benzene rings is 1. The Kier molecular flexibility index (Phi) is 3.63. The average Bonchev–Trinajstić information content (AvgIpc) is 2.48. The minimum atomic E-state index is -3.86. The molecule has 2 aliphatic rings. The van der Waals surface area contributed by atoms with Crippen LogP contribution in [0.1, 0.15) is 35.2 Å². The molecule has 0 spiro atoms. The van der Waals surface area contributed by atoms with Crippen molar-refractivity contribution in [1.82, 2.24) is 4.90 Å². The first kappa shape index (κ1) is 15.9. The van der Waals surface area contributed by atoms with Gasteiger partial charge in [0.2, 0.25) is 0 Å². The third-order valence-electron chi connectivity index (χ3n) is 4.71. The van der Waals surface area contributed by atoms with Crippen LogP contribution in [-0.2, 0) is 11.2 Å². The lowest BCUT2D eigenvalue weighted by Crippen LogP contribution is -2.59. The number of alkyl halides is 2. The summed E-state index contributed by atoms with van der Waals surface area (Å²) in [5, 5.41) is 11.9. The lowest BCUT2D eigenvalue weighted by Gasteiger charge is -2.41. The predicted molar refractivity (Wildman–Crippen MR) is 79.5 cm³/mol. The summed E-state index contributed by atoms with van der Waals surface area (Å²) >= 11 is 0. The predicted octanol–water partition coefficient (Wildman–Crippen LogP) is 1.80. The van der Waals surface area contributed by atoms with Gasteiger partial charge in [0.25, 0.3) is 11.8 Å². The highest BCUT2D eigenvalue weighted by atomic mass is 19.3. The van der Waals surface area contributed by atoms with E-state index in [2.05, 4.69) is 5.32 Å². The van der Waals surface area contributed by atoms with Gasteiger partial charge in [0, 0.05) is 24.8 Å². The van der Waals surface area contributed by atoms with Gasteiger partial charge in [-0.15, -0.1) is 0 Å². The first-order chi connectivity index (χ1) is 10.7. The second-order valence-corrected chi connectivity index (χ2v) is 6.26. The van der Waals surface area contributed by atoms with E-state index >= 15 is 0 Å². The lowest BCUT2D eigenvalue weighted by atomic mass is 9.75. The van der Waals surface area contributed by atoms with E-state index in [4.69, 9.17) is 0 Å². The summed E-state index contributed by atoms with van der Waals surface area (Å²) in [7, 11) is 1.66. The molecule has 3 rings (SSSR count). The average molecular weight is 324 g/mol. The van der Waals surface area contributed by atoms with Crippen LogP contribution >= 0.6 is 0 Å². The van der Waals surface area contributed by atoms with E-state index in [9.17, 15) is 23.5 Å². The van der Waals surface area contributed by atoms with E-state index in [0.717, 1.165) is 5.56 Å². The lowest BCUT2D eigenvalue weighted by molar-refractivity contribution is -0.212. The van der Waals surface area contributed by atoms with Gasteiger partial charge in [-0.25, -0.2) is 0 Å². The maximum atomic E-state index is 14.1. The van der Waals surface area contributed by atoms with Crippen LogP contribution in [0, 0.1) is 0 Å². The molecule has 124 valence electrons. The van der Waals surface area contributed by atoms with Crippen LogP contribution in [0.25, 0.3) is 0 Å². The number of carbonyl (C=O) groups excluding carboxylic acids is 2. The topological polar surface area (TPSA) is 69.6 Å². The Morgan fingerprint density at radius 2 is 2.09 bits per heavy atom. The molecule has 1 saturated carbocycles. The zero-order chi connectivity index (χ0) is 16.8. The second-order valence-electron chi connectivity index (χ2n) is 6.26. The van der Waals surface area contributed by atoms with Gasteiger partial charge in [-0.05, 0) is 43.4 Å². The highest BCUT2D eigenvalue weighted by molar-refractivity contribution is 6.01. The number of carbonyl (C=O) groups is 2. The summed E-state index contributed by atoms with van der Waals surface area (Å²) in [5.74, 6) is -5.61. The molecule has 0 saturated heterocycles. The number of rotatable bonds is 3. The third-order valence-corrected chi connectivity index (χ3v) is 4.71. The van der Waals surface area contributed by atoms with Crippen molar-refractivity contribution in [2.24, 2.45) is 0 Å². The first-order valence-corrected chi connectivity index (χ1v) is 7.55. The van der Waals surface area contributed by atoms with Crippen molar-refractivity contribution in [3.05, 3.63) is 29.3 Å². The van der Waals surface area contributed by atoms with Crippen molar-refractivity contribution < 1.29 is 23.5 Å². The number of nitrogens with zero attached hydrogens (tertiary/aromatic N) is 1. The van der Waals surface area contributed by atoms with Crippen molar-refractivity contribution >= 4 is 17.5 Å². The van der Waals surface area contributed by atoms with Crippen molar-refractivity contribution in [1.29, 1.82) is 0 Å². The third kappa shape index (κ3) is 2.49. The van der Waals surface area contributed by atoms with Crippen LogP contribution in [0.3, 0.4) is 0 Å². The minimum Gasteiger partial charge on any atom is -0.383 e. The molecule has 2 N–H and O–H groups in total. The van der Waals surface area contributed by atoms with Gasteiger partial charge in [-0.2, -0.15) is 8.78 Å². The van der Waals surface area contributed by atoms with Gasteiger partial charge < -0.3 is 15.3 Å². The SMILES string of the molecule is CN1CCc2ccc(NC(=O)C(F)(F)C3(O)CCC3)cc2C1=O. The maximum Gasteiger partial charge on any atom is 0.352 e. The number of hydrogen-bond donors (Lipinski definition) is 2. The van der Waals surface area contributed by atoms with Gasteiger partial charge in [0.15, 0.2) is 0 Å². The summed E-state index contributed by atoms with van der Waals surface area (Å²) in [6.07, 6.45) is 0.961. The van der Waals surface area contributed by atoms with Gasteiger partial charge in [-0.1, -0.05) is 6.07 Å². The molecular weight excluding hydrogens is 306 g/mol. The number of anilines is 1. The summed E-state index contributed by atoms with van der Waals surface area (Å²) in [6, 6.07) is 4.56. The Hall–Kier alpha value is -2.02. The Labute approximate surface area is 132 Å². The van der Waals surface area contributed by atoms with Crippen molar-refractivity contribution in [3.8, 4) is 0 Å². The zero-order valence-electron chi connectivity index (χ0n) is 12.7. The molecule has 1 aliphatic carbocycles. The quantitative estimate of drug-likeness (QED) is 0.891. The molecule has 0 atom stereocenters. The monoisotopic (exact) mass is 324 g/mol. The molecule has 0 radical (unpaired) electrons. The summed E-state index contributed by atoms with van der Waals surface area (Å²) in [4.78, 5) is 25.5. The number of halogens is 2. The highest BCUT2D eigenvalue weighted by Gasteiger charge is 2.61. The summed E-state index contributed by atoms with van der Waals surface area (Å²) in [6.45, 7) is 0.600. The normalized spacial score (nSPS) is 19.8. The molecule has 0 bridgehead atoms. The molecule has 1 aromatic rings. The largest absolute Gasteiger partial charge is 0.383 e. The first-order valence-electron chi connectivity index (χ1n) is 7.55. The highest BCUT2D eigenvalue weighted by Crippen LogP contribution is 2.44. The molecule has 1 heterocycles. The zero-order valence-corrected chi connectivity index (χ0v) is 12.7. The number of amides is 2. The minimum absolute atomic E-state index is 0.0963. The molecule has 23 heavy (non-hydrogen) atoms. The van der Waals surface area contributed by atoms with E-state index in [1.807, 2.05) is 0 Å². The van der Waals surface area contributed by atoms with E-state index in [1.54, 1.807) is 18.0 Å². The molecule has 2 amide bonds. The van der Waals surface area contributed by atoms with E-state index in [0.29, 0.717) is 24.9 Å². The smallest absolute Gasteiger partial charge is 0.352 e. The van der Waals surface area contributed by atoms with E-state index < -0.39 is 17.4 Å².